The van der Waals surface area contributed by atoms with E-state index < -0.39 is 6.04 Å². The molecule has 23 nitrogen and oxygen atoms in total. The minimum Gasteiger partial charge on any atom is -0.382 e. The lowest BCUT2D eigenvalue weighted by Crippen LogP contribution is -2.30. The van der Waals surface area contributed by atoms with Crippen LogP contribution in [0.2, 0.25) is 0 Å². The molecule has 6 aromatic heterocycles. The molecule has 436 valence electrons. The lowest BCUT2D eigenvalue weighted by molar-refractivity contribution is -0.130. The first kappa shape index (κ1) is 62.9. The summed E-state index contributed by atoms with van der Waals surface area (Å²) in [6, 6.07) is 22.8. The van der Waals surface area contributed by atoms with Gasteiger partial charge in [0.1, 0.15) is 45.6 Å². The van der Waals surface area contributed by atoms with Gasteiger partial charge >= 0.3 is 0 Å². The maximum absolute atomic E-state index is 12.4. The second kappa shape index (κ2) is 28.9. The van der Waals surface area contributed by atoms with Gasteiger partial charge in [0.05, 0.1) is 58.8 Å². The number of aryl methyl sites for hydroxylation is 2. The lowest BCUT2D eigenvalue weighted by Gasteiger charge is -2.19. The Morgan fingerprint density at radius 3 is 1.33 bits per heavy atom. The van der Waals surface area contributed by atoms with Crippen molar-refractivity contribution in [1.29, 1.82) is 0 Å². The highest BCUT2D eigenvalue weighted by Gasteiger charge is 2.23. The average molecular weight is 1140 g/mol. The first-order chi connectivity index (χ1) is 38.9. The van der Waals surface area contributed by atoms with Crippen molar-refractivity contribution in [2.75, 3.05) is 43.4 Å². The Hall–Kier alpha value is -8.32. The number of anilines is 3. The van der Waals surface area contributed by atoms with Gasteiger partial charge in [0, 0.05) is 89.0 Å². The van der Waals surface area contributed by atoms with Crippen LogP contribution in [0.5, 0.6) is 0 Å². The summed E-state index contributed by atoms with van der Waals surface area (Å²) in [6.45, 7) is 15.3. The number of Topliss-reactive ketones (excluding diaryl/α,β-unsaturated/α-hetero) is 2. The number of imidazole rings is 3. The van der Waals surface area contributed by atoms with Gasteiger partial charge < -0.3 is 68.0 Å². The first-order valence-corrected chi connectivity index (χ1v) is 27.4. The Labute approximate surface area is 483 Å². The quantitative estimate of drug-likeness (QED) is 0.0398. The smallest absolute Gasteiger partial charge is 0.219 e. The third kappa shape index (κ3) is 14.6. The van der Waals surface area contributed by atoms with Crippen molar-refractivity contribution in [3.63, 3.8) is 0 Å². The summed E-state index contributed by atoms with van der Waals surface area (Å²) in [4.78, 5) is 89.3. The Balaban J connectivity index is 0.000000202. The number of hydrogen-bond donors (Lipinski definition) is 7. The molecule has 82 heavy (non-hydrogen) atoms. The highest BCUT2D eigenvalue weighted by Crippen LogP contribution is 2.32. The van der Waals surface area contributed by atoms with Crippen LogP contribution < -0.4 is 39.7 Å². The number of carbonyl (C=O) groups is 5. The summed E-state index contributed by atoms with van der Waals surface area (Å²) in [5.74, 6) is 3.38. The molecule has 9 rings (SSSR count). The number of carbonyl (C=O) groups excluding carboxylic acids is 5. The van der Waals surface area contributed by atoms with Crippen LogP contribution in [0.3, 0.4) is 0 Å². The Kier molecular flexibility index (Phi) is 22.2. The first-order valence-electron chi connectivity index (χ1n) is 27.4. The Morgan fingerprint density at radius 1 is 0.549 bits per heavy atom. The number of rotatable bonds is 22. The normalized spacial score (nSPS) is 11.5. The number of benzene rings is 3. The molecule has 0 spiro atoms. The molecule has 6 heterocycles. The minimum absolute atomic E-state index is 0. The number of nitrogens with zero attached hydrogens (tertiary/aromatic N) is 11. The van der Waals surface area contributed by atoms with Crippen molar-refractivity contribution in [2.24, 2.45) is 17.2 Å². The molecule has 0 aliphatic carbocycles. The predicted molar refractivity (Wildman–Crippen MR) is 329 cm³/mol. The van der Waals surface area contributed by atoms with E-state index in [2.05, 4.69) is 34.4 Å². The molecular weight excluding hydrogens is 1060 g/mol. The number of nitrogen functional groups attached to an aromatic ring is 3. The van der Waals surface area contributed by atoms with E-state index >= 15 is 0 Å². The molecule has 13 N–H and O–H groups in total. The van der Waals surface area contributed by atoms with E-state index in [1.807, 2.05) is 91.2 Å². The van der Waals surface area contributed by atoms with Gasteiger partial charge in [-0.05, 0) is 71.2 Å². The third-order valence-electron chi connectivity index (χ3n) is 14.1. The van der Waals surface area contributed by atoms with Crippen molar-refractivity contribution in [3.05, 3.63) is 90.3 Å². The average Bonchev–Trinajstić information content (AvgIpc) is 2.88. The molecule has 9 aromatic rings. The summed E-state index contributed by atoms with van der Waals surface area (Å²) >= 11 is 0. The fourth-order valence-corrected chi connectivity index (χ4v) is 9.93. The number of amides is 3. The van der Waals surface area contributed by atoms with Gasteiger partial charge in [-0.15, -0.1) is 0 Å². The van der Waals surface area contributed by atoms with Crippen LogP contribution in [0.15, 0.2) is 72.8 Å². The van der Waals surface area contributed by atoms with Crippen LogP contribution >= 0.6 is 13.5 Å². The van der Waals surface area contributed by atoms with Gasteiger partial charge in [-0.2, -0.15) is 13.5 Å². The number of unbranched alkanes of at least 4 members (excludes halogenated alkanes) is 1. The molecule has 24 heteroatoms. The molecular formula is C58H78N18O5S. The van der Waals surface area contributed by atoms with Crippen LogP contribution in [0.25, 0.3) is 65.8 Å². The molecule has 0 fully saturated rings. The minimum atomic E-state index is -0.600. The number of hydrogen-bond acceptors (Lipinski definition) is 17. The predicted octanol–water partition coefficient (Wildman–Crippen LogP) is 5.73. The zero-order valence-electron chi connectivity index (χ0n) is 47.7. The monoisotopic (exact) mass is 1140 g/mol. The van der Waals surface area contributed by atoms with Crippen molar-refractivity contribution < 1.29 is 24.0 Å². The molecule has 0 saturated heterocycles. The van der Waals surface area contributed by atoms with E-state index in [0.717, 1.165) is 86.1 Å². The molecule has 0 saturated carbocycles. The number of aromatic nitrogens is 9. The second-order valence-electron chi connectivity index (χ2n) is 19.8. The molecule has 0 aliphatic heterocycles. The number of nitrogens with one attached hydrogen (secondary N) is 1. The topological polar surface area (TPSA) is 352 Å². The van der Waals surface area contributed by atoms with Gasteiger partial charge in [0.2, 0.25) is 17.7 Å². The van der Waals surface area contributed by atoms with Gasteiger partial charge in [-0.1, -0.05) is 54.6 Å². The zero-order valence-corrected chi connectivity index (χ0v) is 48.7. The molecule has 1 unspecified atom stereocenters. The SMILES string of the molecule is CC(=O)NCCn1c(CN)nc2c(N)nc3ccccc3c21.CCN(Cc1nc2c(N)nc3ccccc3c2n1CCCCC(=O)C(N)CCC(C)=O)C(C)=O.CCN(Cc1nc2c(N)nc3ccccc3c2n1CCCN)C(C)=O.S. The molecule has 3 amide bonds. The number of ketones is 2. The Bertz CT molecular complexity index is 3740. The summed E-state index contributed by atoms with van der Waals surface area (Å²) in [6.07, 6.45) is 3.28. The van der Waals surface area contributed by atoms with Crippen LogP contribution in [0.4, 0.5) is 17.5 Å². The van der Waals surface area contributed by atoms with Crippen molar-refractivity contribution >= 4 is 126 Å². The van der Waals surface area contributed by atoms with Crippen molar-refractivity contribution in [3.8, 4) is 0 Å². The van der Waals surface area contributed by atoms with Gasteiger partial charge in [-0.25, -0.2) is 29.9 Å². The standard InChI is InChI=1S/C25H34N6O3.C18H24N6O.C15H18N6O.H2S/c1-4-30(17(3)33)15-22-29-23-24(18-9-5-6-10-20(18)28-25(23)27)31(22)14-8-7-11-21(34)19(26)13-12-16(2)32;1-3-23(12(2)25)11-15-22-16-17(24(15)10-6-9-19)13-7-4-5-8-14(13)21-18(16)20;1-9(22)18-6-7-21-12(8-16)20-13-14(21)10-4-2-3-5-11(10)19-15(13)17;/h5-6,9-10,19H,4,7-8,11-15,26H2,1-3H3,(H2,27,28);4-5,7-8H,3,6,9-11,19H2,1-2H3,(H2,20,21);2-5H,6-8,16H2,1H3,(H2,17,19)(H,18,22);1H2. The summed E-state index contributed by atoms with van der Waals surface area (Å²) in [7, 11) is 0. The van der Waals surface area contributed by atoms with E-state index in [9.17, 15) is 24.0 Å². The van der Waals surface area contributed by atoms with Gasteiger partial charge in [0.15, 0.2) is 17.5 Å². The lowest BCUT2D eigenvalue weighted by atomic mass is 10.0. The zero-order chi connectivity index (χ0) is 58.5. The molecule has 1 atom stereocenters. The van der Waals surface area contributed by atoms with Crippen molar-refractivity contribution in [2.45, 2.75) is 125 Å². The van der Waals surface area contributed by atoms with Crippen molar-refractivity contribution in [1.82, 2.24) is 58.7 Å². The molecule has 0 radical (unpaired) electrons. The third-order valence-corrected chi connectivity index (χ3v) is 14.1. The second-order valence-corrected chi connectivity index (χ2v) is 19.8. The summed E-state index contributed by atoms with van der Waals surface area (Å²) in [5, 5.41) is 5.71. The Morgan fingerprint density at radius 2 is 0.951 bits per heavy atom. The van der Waals surface area contributed by atoms with E-state index in [-0.39, 0.29) is 42.8 Å². The van der Waals surface area contributed by atoms with Crippen LogP contribution in [0.1, 0.15) is 97.5 Å². The van der Waals surface area contributed by atoms with E-state index in [1.54, 1.807) is 23.6 Å². The van der Waals surface area contributed by atoms with E-state index in [4.69, 9.17) is 44.4 Å². The summed E-state index contributed by atoms with van der Waals surface area (Å²) in [5.41, 5.74) is 43.1. The number of para-hydroxylation sites is 3. The van der Waals surface area contributed by atoms with Crippen LogP contribution in [-0.4, -0.2) is 115 Å². The van der Waals surface area contributed by atoms with Crippen LogP contribution in [-0.2, 0) is 63.2 Å². The molecule has 0 bridgehead atoms. The number of pyridine rings is 3. The fraction of sp³-hybridized carbons (Fsp3) is 0.397. The fourth-order valence-electron chi connectivity index (χ4n) is 9.93. The maximum atomic E-state index is 12.4. The molecule has 3 aromatic carbocycles. The van der Waals surface area contributed by atoms with Gasteiger partial charge in [-0.3, -0.25) is 19.2 Å². The number of nitrogens with two attached hydrogens (primary N) is 6. The maximum Gasteiger partial charge on any atom is 0.219 e. The number of fused-ring (bicyclic) bond motifs is 9. The highest BCUT2D eigenvalue weighted by molar-refractivity contribution is 7.59. The summed E-state index contributed by atoms with van der Waals surface area (Å²) < 4.78 is 6.24. The highest BCUT2D eigenvalue weighted by atomic mass is 32.1. The van der Waals surface area contributed by atoms with E-state index in [0.29, 0.717) is 119 Å². The largest absolute Gasteiger partial charge is 0.382 e. The van der Waals surface area contributed by atoms with Gasteiger partial charge in [0.25, 0.3) is 0 Å². The van der Waals surface area contributed by atoms with E-state index in [1.165, 1.54) is 13.8 Å². The van der Waals surface area contributed by atoms with Crippen LogP contribution in [0, 0.1) is 0 Å². The molecule has 0 aliphatic rings.